The van der Waals surface area contributed by atoms with E-state index in [-0.39, 0.29) is 22.1 Å². The minimum absolute atomic E-state index is 0.00241. The molecule has 11 nitrogen and oxygen atoms in total. The van der Waals surface area contributed by atoms with E-state index in [2.05, 4.69) is 4.90 Å². The molecule has 47 heavy (non-hydrogen) atoms. The van der Waals surface area contributed by atoms with E-state index in [9.17, 15) is 19.7 Å². The van der Waals surface area contributed by atoms with Crippen LogP contribution in [0.25, 0.3) is 16.8 Å². The van der Waals surface area contributed by atoms with Crippen LogP contribution in [0.2, 0.25) is 0 Å². The van der Waals surface area contributed by atoms with Crippen LogP contribution < -0.4 is 24.5 Å². The topological polar surface area (TPSA) is 114 Å². The van der Waals surface area contributed by atoms with Gasteiger partial charge >= 0.3 is 0 Å². The molecule has 1 saturated heterocycles. The monoisotopic (exact) mass is 654 g/mol. The zero-order valence-electron chi connectivity index (χ0n) is 27.2. The molecule has 1 aromatic heterocycles. The first-order chi connectivity index (χ1) is 22.7. The fourth-order valence-electron chi connectivity index (χ4n) is 6.53. The second-order valence-electron chi connectivity index (χ2n) is 11.8. The predicted octanol–water partition coefficient (Wildman–Crippen LogP) is 3.93. The van der Waals surface area contributed by atoms with Gasteiger partial charge in [-0.25, -0.2) is 4.99 Å². The Hall–Kier alpha value is -4.81. The zero-order valence-corrected chi connectivity index (χ0v) is 28.0. The highest BCUT2D eigenvalue weighted by molar-refractivity contribution is 7.07. The molecule has 2 aliphatic heterocycles. The van der Waals surface area contributed by atoms with Crippen molar-refractivity contribution in [1.29, 1.82) is 0 Å². The van der Waals surface area contributed by atoms with Gasteiger partial charge in [0.05, 0.1) is 27.8 Å². The number of aromatic nitrogens is 1. The minimum atomic E-state index is -0.809. The SMILES string of the molecule is CCN(CC)C(=O)C1=C(C)N=c2s/c(=C\c3ccc(N4CCN(C)CC4)c([N+](=O)[O-])c3)c(=O)n2[C@H]1c1c(OC)ccc2ccccc12. The Morgan fingerprint density at radius 1 is 1.11 bits per heavy atom. The third-order valence-corrected chi connectivity index (χ3v) is 10.0. The van der Waals surface area contributed by atoms with Crippen molar-refractivity contribution in [3.8, 4) is 5.75 Å². The maximum Gasteiger partial charge on any atom is 0.293 e. The summed E-state index contributed by atoms with van der Waals surface area (Å²) in [6.45, 7) is 9.68. The first-order valence-electron chi connectivity index (χ1n) is 15.8. The summed E-state index contributed by atoms with van der Waals surface area (Å²) in [4.78, 5) is 51.6. The Balaban J connectivity index is 1.55. The third kappa shape index (κ3) is 5.83. The number of carbonyl (C=O) groups excluding carboxylic acids is 1. The van der Waals surface area contributed by atoms with Gasteiger partial charge in [0.2, 0.25) is 0 Å². The van der Waals surface area contributed by atoms with Crippen molar-refractivity contribution in [1.82, 2.24) is 14.4 Å². The van der Waals surface area contributed by atoms with Gasteiger partial charge in [0.1, 0.15) is 17.5 Å². The quantitative estimate of drug-likeness (QED) is 0.209. The molecule has 0 bridgehead atoms. The molecule has 1 amide bonds. The number of piperazine rings is 1. The second kappa shape index (κ2) is 13.1. The van der Waals surface area contributed by atoms with Crippen LogP contribution in [0.5, 0.6) is 5.75 Å². The number of benzene rings is 3. The minimum Gasteiger partial charge on any atom is -0.496 e. The number of fused-ring (bicyclic) bond motifs is 2. The predicted molar refractivity (Wildman–Crippen MR) is 185 cm³/mol. The van der Waals surface area contributed by atoms with Gasteiger partial charge in [-0.05, 0) is 62.4 Å². The van der Waals surface area contributed by atoms with E-state index in [0.29, 0.717) is 69.3 Å². The molecule has 12 heteroatoms. The lowest BCUT2D eigenvalue weighted by atomic mass is 9.90. The van der Waals surface area contributed by atoms with Crippen LogP contribution in [0, 0.1) is 10.1 Å². The summed E-state index contributed by atoms with van der Waals surface area (Å²) in [5, 5.41) is 14.0. The van der Waals surface area contributed by atoms with Crippen LogP contribution in [0.4, 0.5) is 11.4 Å². The molecule has 3 aromatic carbocycles. The number of nitro groups is 1. The summed E-state index contributed by atoms with van der Waals surface area (Å²) in [7, 11) is 3.62. The number of anilines is 1. The van der Waals surface area contributed by atoms with Crippen molar-refractivity contribution in [3.63, 3.8) is 0 Å². The van der Waals surface area contributed by atoms with E-state index < -0.39 is 6.04 Å². The lowest BCUT2D eigenvalue weighted by molar-refractivity contribution is -0.384. The second-order valence-corrected chi connectivity index (χ2v) is 12.8. The van der Waals surface area contributed by atoms with E-state index >= 15 is 0 Å². The fourth-order valence-corrected chi connectivity index (χ4v) is 7.57. The number of carbonyl (C=O) groups is 1. The number of thiazole rings is 1. The van der Waals surface area contributed by atoms with Gasteiger partial charge in [-0.2, -0.15) is 0 Å². The number of amides is 1. The molecule has 0 radical (unpaired) electrons. The van der Waals surface area contributed by atoms with E-state index in [1.54, 1.807) is 35.6 Å². The number of ether oxygens (including phenoxy) is 1. The molecule has 244 valence electrons. The molecule has 1 fully saturated rings. The molecule has 3 heterocycles. The number of hydrogen-bond donors (Lipinski definition) is 0. The summed E-state index contributed by atoms with van der Waals surface area (Å²) in [6.07, 6.45) is 1.67. The molecule has 6 rings (SSSR count). The maximum atomic E-state index is 14.4. The van der Waals surface area contributed by atoms with Crippen LogP contribution in [0.3, 0.4) is 0 Å². The molecule has 4 aromatic rings. The molecule has 2 aliphatic rings. The van der Waals surface area contributed by atoms with Crippen LogP contribution in [0.15, 0.2) is 75.7 Å². The average Bonchev–Trinajstić information content (AvgIpc) is 3.38. The summed E-state index contributed by atoms with van der Waals surface area (Å²) in [5.74, 6) is 0.360. The standard InChI is InChI=1S/C35H38N6O5S/c1-6-38(7-2)34(43)30-22(3)36-35-40(32(30)31-25-11-9-8-10-24(25)13-15-28(31)46-5)33(42)29(47-35)21-23-12-14-26(27(20-23)41(44)45)39-18-16-37(4)17-19-39/h8-15,20-21,32H,6-7,16-19H2,1-5H3/b29-21-/t32-/m1/s1. The van der Waals surface area contributed by atoms with Gasteiger partial charge in [-0.15, -0.1) is 0 Å². The van der Waals surface area contributed by atoms with Crippen LogP contribution in [-0.4, -0.2) is 78.6 Å². The van der Waals surface area contributed by atoms with E-state index in [1.165, 1.54) is 17.4 Å². The molecule has 0 unspecified atom stereocenters. The summed E-state index contributed by atoms with van der Waals surface area (Å²) >= 11 is 1.20. The Morgan fingerprint density at radius 3 is 2.51 bits per heavy atom. The average molecular weight is 655 g/mol. The first-order valence-corrected chi connectivity index (χ1v) is 16.6. The largest absolute Gasteiger partial charge is 0.496 e. The molecule has 0 aliphatic carbocycles. The molecular formula is C35H38N6O5S. The van der Waals surface area contributed by atoms with Gasteiger partial charge in [0.25, 0.3) is 17.2 Å². The zero-order chi connectivity index (χ0) is 33.4. The number of nitro benzene ring substituents is 1. The van der Waals surface area contributed by atoms with Crippen molar-refractivity contribution >= 4 is 45.5 Å². The van der Waals surface area contributed by atoms with Crippen molar-refractivity contribution in [3.05, 3.63) is 107 Å². The van der Waals surface area contributed by atoms with Gasteiger partial charge in [0.15, 0.2) is 4.80 Å². The van der Waals surface area contributed by atoms with Gasteiger partial charge in [-0.3, -0.25) is 24.3 Å². The van der Waals surface area contributed by atoms with Gasteiger partial charge < -0.3 is 19.4 Å². The highest BCUT2D eigenvalue weighted by Gasteiger charge is 2.36. The smallest absolute Gasteiger partial charge is 0.293 e. The lowest BCUT2D eigenvalue weighted by Crippen LogP contribution is -2.44. The third-order valence-electron chi connectivity index (χ3n) is 9.06. The number of hydrogen-bond acceptors (Lipinski definition) is 9. The Morgan fingerprint density at radius 2 is 1.83 bits per heavy atom. The Bertz CT molecular complexity index is 2090. The number of likely N-dealkylation sites (N-methyl/N-ethyl adjacent to an activating group) is 2. The van der Waals surface area contributed by atoms with Crippen molar-refractivity contribution in [2.45, 2.75) is 26.8 Å². The van der Waals surface area contributed by atoms with Crippen molar-refractivity contribution < 1.29 is 14.5 Å². The van der Waals surface area contributed by atoms with Gasteiger partial charge in [-0.1, -0.05) is 47.7 Å². The van der Waals surface area contributed by atoms with Crippen molar-refractivity contribution in [2.75, 3.05) is 58.3 Å². The van der Waals surface area contributed by atoms with E-state index in [4.69, 9.17) is 9.73 Å². The lowest BCUT2D eigenvalue weighted by Gasteiger charge is -2.33. The molecule has 0 N–H and O–H groups in total. The Kier molecular flexibility index (Phi) is 8.98. The number of nitrogens with zero attached hydrogens (tertiary/aromatic N) is 6. The fraction of sp³-hybridized carbons (Fsp3) is 0.343. The first kappa shape index (κ1) is 32.1. The van der Waals surface area contributed by atoms with E-state index in [0.717, 1.165) is 23.9 Å². The van der Waals surface area contributed by atoms with Crippen LogP contribution in [0.1, 0.15) is 37.9 Å². The van der Waals surface area contributed by atoms with Crippen LogP contribution >= 0.6 is 11.3 Å². The normalized spacial score (nSPS) is 17.1. The number of rotatable bonds is 8. The Labute approximate surface area is 276 Å². The molecular weight excluding hydrogens is 616 g/mol. The molecule has 0 saturated carbocycles. The maximum absolute atomic E-state index is 14.4. The van der Waals surface area contributed by atoms with Crippen LogP contribution in [-0.2, 0) is 4.79 Å². The summed E-state index contributed by atoms with van der Waals surface area (Å²) in [6, 6.07) is 16.0. The highest BCUT2D eigenvalue weighted by atomic mass is 32.1. The summed E-state index contributed by atoms with van der Waals surface area (Å²) < 4.78 is 7.82. The molecule has 0 spiro atoms. The van der Waals surface area contributed by atoms with Crippen molar-refractivity contribution in [2.24, 2.45) is 4.99 Å². The number of methoxy groups -OCH3 is 1. The summed E-state index contributed by atoms with van der Waals surface area (Å²) in [5.41, 5.74) is 2.41. The molecule has 1 atom stereocenters. The van der Waals surface area contributed by atoms with Gasteiger partial charge in [0, 0.05) is 50.9 Å². The number of allylic oxidation sites excluding steroid dienone is 1. The highest BCUT2D eigenvalue weighted by Crippen LogP contribution is 2.40. The van der Waals surface area contributed by atoms with E-state index in [1.807, 2.05) is 68.3 Å².